The lowest BCUT2D eigenvalue weighted by molar-refractivity contribution is -0.682. The topological polar surface area (TPSA) is 57.5 Å². The number of alkyl halides is 9. The maximum atomic E-state index is 14.5. The van der Waals surface area contributed by atoms with Crippen LogP contribution in [0.3, 0.4) is 0 Å². The number of benzene rings is 2. The summed E-state index contributed by atoms with van der Waals surface area (Å²) in [5.41, 5.74) is -8.96. The van der Waals surface area contributed by atoms with Gasteiger partial charge in [0.15, 0.2) is 5.69 Å². The molecule has 3 rings (SSSR count). The average Bonchev–Trinajstić information content (AvgIpc) is 2.75. The first-order valence-electron chi connectivity index (χ1n) is 9.13. The summed E-state index contributed by atoms with van der Waals surface area (Å²) in [6.07, 6.45) is -11.6. The van der Waals surface area contributed by atoms with Crippen LogP contribution < -0.4 is 5.06 Å². The van der Waals surface area contributed by atoms with Crippen molar-refractivity contribution in [3.63, 3.8) is 0 Å². The fourth-order valence-electron chi connectivity index (χ4n) is 3.13. The molecule has 188 valence electrons. The van der Waals surface area contributed by atoms with Crippen LogP contribution in [0.15, 0.2) is 58.0 Å². The highest BCUT2D eigenvalue weighted by Crippen LogP contribution is 2.54. The lowest BCUT2D eigenvalue weighted by atomic mass is 9.94. The smallest absolute Gasteiger partial charge is 0.435 e. The molecular weight excluding hydrogens is 583 g/mol. The lowest BCUT2D eigenvalue weighted by Gasteiger charge is -2.31. The molecule has 1 heterocycles. The first-order chi connectivity index (χ1) is 16.1. The summed E-state index contributed by atoms with van der Waals surface area (Å²) in [7, 11) is 0. The molecule has 0 saturated carbocycles. The molecule has 1 amide bonds. The number of amides is 1. The molecule has 3 aromatic rings. The average molecular weight is 593 g/mol. The number of hydrogen-bond donors (Lipinski definition) is 1. The number of aromatic nitrogens is 1. The minimum absolute atomic E-state index is 0.0149. The summed E-state index contributed by atoms with van der Waals surface area (Å²) < 4.78 is 119. The van der Waals surface area contributed by atoms with Gasteiger partial charge in [0.25, 0.3) is 5.76 Å². The fourth-order valence-corrected chi connectivity index (χ4v) is 4.61. The van der Waals surface area contributed by atoms with Gasteiger partial charge in [-0.3, -0.25) is 10.0 Å². The van der Waals surface area contributed by atoms with Crippen molar-refractivity contribution in [2.75, 3.05) is 0 Å². The summed E-state index contributed by atoms with van der Waals surface area (Å²) in [6, 6.07) is 6.86. The van der Waals surface area contributed by atoms with Crippen molar-refractivity contribution < 1.29 is 49.4 Å². The van der Waals surface area contributed by atoms with Crippen LogP contribution in [0.25, 0.3) is 10.9 Å². The molecule has 0 aliphatic heterocycles. The Balaban J connectivity index is 2.16. The molecule has 0 spiro atoms. The van der Waals surface area contributed by atoms with Crippen LogP contribution in [0.4, 0.5) is 45.2 Å². The molecular formula is C20H10BrF9N2O2S. The molecule has 2 aromatic carbocycles. The van der Waals surface area contributed by atoms with Crippen LogP contribution in [0.1, 0.15) is 15.9 Å². The molecule has 0 aliphatic carbocycles. The predicted octanol–water partition coefficient (Wildman–Crippen LogP) is 6.46. The van der Waals surface area contributed by atoms with E-state index in [0.29, 0.717) is 5.39 Å². The molecule has 15 heteroatoms. The largest absolute Gasteiger partial charge is 0.621 e. The minimum atomic E-state index is -6.52. The van der Waals surface area contributed by atoms with E-state index in [0.717, 1.165) is 0 Å². The Bertz CT molecular complexity index is 1250. The zero-order chi connectivity index (χ0) is 26.3. The van der Waals surface area contributed by atoms with Crippen molar-refractivity contribution in [1.29, 1.82) is 0 Å². The summed E-state index contributed by atoms with van der Waals surface area (Å²) in [5.74, 6) is -4.74. The zero-order valence-corrected chi connectivity index (χ0v) is 19.1. The number of fused-ring (bicyclic) bond motifs is 1. The van der Waals surface area contributed by atoms with Crippen molar-refractivity contribution in [3.8, 4) is 0 Å². The van der Waals surface area contributed by atoms with Crippen molar-refractivity contribution >= 4 is 50.2 Å². The highest BCUT2D eigenvalue weighted by molar-refractivity contribution is 9.10. The van der Waals surface area contributed by atoms with Crippen LogP contribution in [0, 0.1) is 5.21 Å². The van der Waals surface area contributed by atoms with Gasteiger partial charge >= 0.3 is 23.9 Å². The molecule has 0 fully saturated rings. The zero-order valence-electron chi connectivity index (χ0n) is 16.6. The third-order valence-corrected chi connectivity index (χ3v) is 6.13. The van der Waals surface area contributed by atoms with Crippen molar-refractivity contribution in [2.45, 2.75) is 28.7 Å². The van der Waals surface area contributed by atoms with Gasteiger partial charge in [0.05, 0.1) is 20.4 Å². The predicted molar refractivity (Wildman–Crippen MR) is 111 cm³/mol. The van der Waals surface area contributed by atoms with Crippen LogP contribution in [0.2, 0.25) is 0 Å². The van der Waals surface area contributed by atoms with E-state index in [2.05, 4.69) is 20.9 Å². The Morgan fingerprint density at radius 3 is 2.20 bits per heavy atom. The maximum absolute atomic E-state index is 14.5. The van der Waals surface area contributed by atoms with Gasteiger partial charge in [0.2, 0.25) is 0 Å². The number of hydrogen-bond acceptors (Lipinski definition) is 4. The minimum Gasteiger partial charge on any atom is -0.621 e. The fraction of sp³-hybridized carbons (Fsp3) is 0.200. The normalized spacial score (nSPS) is 13.9. The second-order valence-corrected chi connectivity index (χ2v) is 8.82. The third kappa shape index (κ3) is 5.13. The number of hydroxylamine groups is 1. The van der Waals surface area contributed by atoms with E-state index in [1.807, 2.05) is 0 Å². The lowest BCUT2D eigenvalue weighted by Crippen LogP contribution is -3.05. The first-order valence-corrected chi connectivity index (χ1v) is 10.8. The molecule has 0 aliphatic rings. The SMILES string of the molecule is O=C(c1ccc2cccnc2c1)[NH+]([O-])c1c(Br)cc(C(F)(C(F)(F)F)C(F)(F)F)cc1SC(F)F. The van der Waals surface area contributed by atoms with Gasteiger partial charge < -0.3 is 5.21 Å². The number of nitrogens with zero attached hydrogens (tertiary/aromatic N) is 1. The number of halogens is 10. The summed E-state index contributed by atoms with van der Waals surface area (Å²) >= 11 is 1.93. The Labute approximate surface area is 202 Å². The van der Waals surface area contributed by atoms with Gasteiger partial charge in [0.1, 0.15) is 0 Å². The Morgan fingerprint density at radius 1 is 1.00 bits per heavy atom. The van der Waals surface area contributed by atoms with Gasteiger partial charge in [-0.15, -0.1) is 0 Å². The van der Waals surface area contributed by atoms with Gasteiger partial charge in [-0.1, -0.05) is 12.1 Å². The molecule has 0 saturated heterocycles. The Hall–Kier alpha value is -2.36. The number of carbonyl (C=O) groups excluding carboxylic acids is 1. The third-order valence-electron chi connectivity index (χ3n) is 4.75. The molecule has 1 N–H and O–H groups in total. The van der Waals surface area contributed by atoms with Gasteiger partial charge in [-0.25, -0.2) is 9.18 Å². The highest BCUT2D eigenvalue weighted by atomic mass is 79.9. The second-order valence-electron chi connectivity index (χ2n) is 6.93. The number of thioether (sulfide) groups is 1. The van der Waals surface area contributed by atoms with E-state index in [-0.39, 0.29) is 23.2 Å². The van der Waals surface area contributed by atoms with Crippen LogP contribution in [0.5, 0.6) is 0 Å². The van der Waals surface area contributed by atoms with Gasteiger partial charge in [-0.2, -0.15) is 35.1 Å². The second kappa shape index (κ2) is 9.59. The van der Waals surface area contributed by atoms with Crippen molar-refractivity contribution in [1.82, 2.24) is 4.98 Å². The molecule has 35 heavy (non-hydrogen) atoms. The standard InChI is InChI=1S/C20H10BrF9N2O2S/c21-12-7-11(18(24,19(25,26)27)20(28,29)30)8-14(35-17(22)23)15(12)32(34)16(33)10-4-3-9-2-1-5-31-13(9)6-10/h1-8,17,32H. The van der Waals surface area contributed by atoms with Gasteiger partial charge in [-0.05, 0) is 58.0 Å². The first kappa shape index (κ1) is 27.2. The molecule has 1 aromatic heterocycles. The quantitative estimate of drug-likeness (QED) is 0.210. The molecule has 1 unspecified atom stereocenters. The van der Waals surface area contributed by atoms with E-state index in [9.17, 15) is 49.5 Å². The van der Waals surface area contributed by atoms with Crippen LogP contribution in [-0.4, -0.2) is 29.0 Å². The number of nitrogens with one attached hydrogen (secondary N) is 1. The maximum Gasteiger partial charge on any atom is 0.435 e. The number of rotatable bonds is 5. The monoisotopic (exact) mass is 592 g/mol. The molecule has 4 nitrogen and oxygen atoms in total. The van der Waals surface area contributed by atoms with E-state index < -0.39 is 67.1 Å². The highest BCUT2D eigenvalue weighted by Gasteiger charge is 2.73. The summed E-state index contributed by atoms with van der Waals surface area (Å²) in [4.78, 5) is 15.6. The molecule has 1 atom stereocenters. The van der Waals surface area contributed by atoms with Crippen LogP contribution in [-0.2, 0) is 5.67 Å². The number of quaternary nitrogens is 1. The number of pyridine rings is 1. The summed E-state index contributed by atoms with van der Waals surface area (Å²) in [5, 5.41) is 11.9. The van der Waals surface area contributed by atoms with E-state index >= 15 is 0 Å². The summed E-state index contributed by atoms with van der Waals surface area (Å²) in [6.45, 7) is 0. The Morgan fingerprint density at radius 2 is 1.63 bits per heavy atom. The van der Waals surface area contributed by atoms with E-state index in [1.165, 1.54) is 24.4 Å². The van der Waals surface area contributed by atoms with Gasteiger partial charge in [0, 0.05) is 17.1 Å². The molecule has 0 radical (unpaired) electrons. The number of carbonyl (C=O) groups is 1. The molecule has 0 bridgehead atoms. The Kier molecular flexibility index (Phi) is 7.47. The van der Waals surface area contributed by atoms with Crippen molar-refractivity contribution in [3.05, 3.63) is 69.5 Å². The van der Waals surface area contributed by atoms with E-state index in [4.69, 9.17) is 0 Å². The van der Waals surface area contributed by atoms with Crippen molar-refractivity contribution in [2.24, 2.45) is 0 Å². The van der Waals surface area contributed by atoms with Crippen LogP contribution >= 0.6 is 27.7 Å². The van der Waals surface area contributed by atoms with E-state index in [1.54, 1.807) is 12.1 Å².